The summed E-state index contributed by atoms with van der Waals surface area (Å²) in [5, 5.41) is 3.47. The first-order chi connectivity index (χ1) is 7.20. The minimum absolute atomic E-state index is 0.457. The molecule has 0 aromatic carbocycles. The van der Waals surface area contributed by atoms with E-state index >= 15 is 0 Å². The summed E-state index contributed by atoms with van der Waals surface area (Å²) in [6.45, 7) is 0.934. The Hall–Kier alpha value is -0.680. The van der Waals surface area contributed by atoms with Crippen LogP contribution in [0.3, 0.4) is 0 Å². The molecule has 1 N–H and O–H groups in total. The number of nitrogens with zero attached hydrogens (tertiary/aromatic N) is 3. The van der Waals surface area contributed by atoms with Crippen LogP contribution in [-0.4, -0.2) is 42.6 Å². The van der Waals surface area contributed by atoms with Crippen molar-refractivity contribution < 1.29 is 0 Å². The van der Waals surface area contributed by atoms with Gasteiger partial charge in [-0.2, -0.15) is 11.8 Å². The number of hydrogen-bond acceptors (Lipinski definition) is 5. The maximum Gasteiger partial charge on any atom is 0.157 e. The maximum absolute atomic E-state index is 5.96. The Kier molecular flexibility index (Phi) is 4.98. The van der Waals surface area contributed by atoms with Crippen LogP contribution < -0.4 is 10.2 Å². The SMILES string of the molecule is CNc1c(Cl)ncnc1N(C)CCSC. The molecule has 1 rings (SSSR count). The summed E-state index contributed by atoms with van der Waals surface area (Å²) in [7, 11) is 3.81. The number of thioether (sulfide) groups is 1. The molecule has 0 unspecified atom stereocenters. The molecule has 0 fully saturated rings. The van der Waals surface area contributed by atoms with Crippen molar-refractivity contribution in [1.29, 1.82) is 0 Å². The zero-order chi connectivity index (χ0) is 11.3. The van der Waals surface area contributed by atoms with Gasteiger partial charge >= 0.3 is 0 Å². The predicted octanol–water partition coefficient (Wildman–Crippen LogP) is 1.97. The molecule has 1 aromatic heterocycles. The molecule has 4 nitrogen and oxygen atoms in total. The third-order valence-corrected chi connectivity index (χ3v) is 2.90. The monoisotopic (exact) mass is 246 g/mol. The molecule has 0 aliphatic rings. The molecule has 0 spiro atoms. The summed E-state index contributed by atoms with van der Waals surface area (Å²) in [4.78, 5) is 10.2. The van der Waals surface area contributed by atoms with Gasteiger partial charge in [0.1, 0.15) is 12.0 Å². The Morgan fingerprint density at radius 1 is 1.53 bits per heavy atom. The fourth-order valence-electron chi connectivity index (χ4n) is 1.19. The second kappa shape index (κ2) is 6.02. The molecule has 84 valence electrons. The van der Waals surface area contributed by atoms with E-state index in [-0.39, 0.29) is 0 Å². The van der Waals surface area contributed by atoms with Crippen LogP contribution in [0.2, 0.25) is 5.15 Å². The van der Waals surface area contributed by atoms with Gasteiger partial charge in [-0.05, 0) is 6.26 Å². The van der Waals surface area contributed by atoms with Crippen LogP contribution in [0, 0.1) is 0 Å². The zero-order valence-corrected chi connectivity index (χ0v) is 10.7. The van der Waals surface area contributed by atoms with Gasteiger partial charge in [-0.15, -0.1) is 0 Å². The standard InChI is InChI=1S/C9H15ClN4S/c1-11-7-8(10)12-6-13-9(7)14(2)4-5-15-3/h6,11H,4-5H2,1-3H3. The van der Waals surface area contributed by atoms with E-state index < -0.39 is 0 Å². The molecule has 0 bridgehead atoms. The number of aromatic nitrogens is 2. The third kappa shape index (κ3) is 3.14. The highest BCUT2D eigenvalue weighted by Gasteiger charge is 2.11. The largest absolute Gasteiger partial charge is 0.383 e. The first-order valence-electron chi connectivity index (χ1n) is 4.59. The Balaban J connectivity index is 2.87. The topological polar surface area (TPSA) is 41.1 Å². The van der Waals surface area contributed by atoms with E-state index in [1.54, 1.807) is 11.8 Å². The molecule has 0 aliphatic carbocycles. The van der Waals surface area contributed by atoms with Crippen LogP contribution in [0.1, 0.15) is 0 Å². The van der Waals surface area contributed by atoms with Crippen molar-refractivity contribution in [1.82, 2.24) is 9.97 Å². The van der Waals surface area contributed by atoms with E-state index in [0.717, 1.165) is 23.8 Å². The van der Waals surface area contributed by atoms with Gasteiger partial charge in [0, 0.05) is 26.4 Å². The van der Waals surface area contributed by atoms with Gasteiger partial charge in [0.2, 0.25) is 0 Å². The summed E-state index contributed by atoms with van der Waals surface area (Å²) in [6, 6.07) is 0. The lowest BCUT2D eigenvalue weighted by molar-refractivity contribution is 0.937. The summed E-state index contributed by atoms with van der Waals surface area (Å²) in [5.74, 6) is 1.90. The molecule has 1 aromatic rings. The first kappa shape index (κ1) is 12.4. The molecule has 6 heteroatoms. The quantitative estimate of drug-likeness (QED) is 0.805. The van der Waals surface area contributed by atoms with Crippen LogP contribution in [0.25, 0.3) is 0 Å². The Labute approximate surface area is 99.4 Å². The normalized spacial score (nSPS) is 10.1. The smallest absolute Gasteiger partial charge is 0.157 e. The number of anilines is 2. The predicted molar refractivity (Wildman–Crippen MR) is 68.2 cm³/mol. The number of hydrogen-bond donors (Lipinski definition) is 1. The molecule has 0 radical (unpaired) electrons. The molecular formula is C9H15ClN4S. The molecule has 15 heavy (non-hydrogen) atoms. The van der Waals surface area contributed by atoms with E-state index in [1.165, 1.54) is 6.33 Å². The zero-order valence-electron chi connectivity index (χ0n) is 9.12. The van der Waals surface area contributed by atoms with Crippen LogP contribution in [-0.2, 0) is 0 Å². The van der Waals surface area contributed by atoms with Crippen molar-refractivity contribution in [3.05, 3.63) is 11.5 Å². The van der Waals surface area contributed by atoms with Crippen molar-refractivity contribution in [2.45, 2.75) is 0 Å². The van der Waals surface area contributed by atoms with Crippen LogP contribution in [0.5, 0.6) is 0 Å². The first-order valence-corrected chi connectivity index (χ1v) is 6.36. The minimum atomic E-state index is 0.457. The van der Waals surface area contributed by atoms with Gasteiger partial charge in [0.25, 0.3) is 0 Å². The lowest BCUT2D eigenvalue weighted by Gasteiger charge is -2.20. The van der Waals surface area contributed by atoms with Gasteiger partial charge in [-0.25, -0.2) is 9.97 Å². The number of nitrogens with one attached hydrogen (secondary N) is 1. The summed E-state index contributed by atoms with van der Waals surface area (Å²) in [6.07, 6.45) is 3.56. The van der Waals surface area contributed by atoms with E-state index in [4.69, 9.17) is 11.6 Å². The highest BCUT2D eigenvalue weighted by molar-refractivity contribution is 7.98. The van der Waals surface area contributed by atoms with Gasteiger partial charge in [-0.3, -0.25) is 0 Å². The fraction of sp³-hybridized carbons (Fsp3) is 0.556. The van der Waals surface area contributed by atoms with Gasteiger partial charge in [0.05, 0.1) is 0 Å². The second-order valence-corrected chi connectivity index (χ2v) is 4.37. The molecule has 0 amide bonds. The highest BCUT2D eigenvalue weighted by atomic mass is 35.5. The van der Waals surface area contributed by atoms with Crippen molar-refractivity contribution in [2.24, 2.45) is 0 Å². The molecule has 0 aliphatic heterocycles. The summed E-state index contributed by atoms with van der Waals surface area (Å²) < 4.78 is 0. The van der Waals surface area contributed by atoms with E-state index in [2.05, 4.69) is 26.4 Å². The van der Waals surface area contributed by atoms with E-state index in [1.807, 2.05) is 14.1 Å². The average molecular weight is 247 g/mol. The van der Waals surface area contributed by atoms with E-state index in [9.17, 15) is 0 Å². The Bertz CT molecular complexity index is 321. The Morgan fingerprint density at radius 2 is 2.27 bits per heavy atom. The lowest BCUT2D eigenvalue weighted by atomic mass is 10.4. The Morgan fingerprint density at radius 3 is 2.87 bits per heavy atom. The number of rotatable bonds is 5. The highest BCUT2D eigenvalue weighted by Crippen LogP contribution is 2.27. The lowest BCUT2D eigenvalue weighted by Crippen LogP contribution is -2.22. The van der Waals surface area contributed by atoms with Gasteiger partial charge < -0.3 is 10.2 Å². The van der Waals surface area contributed by atoms with Crippen molar-refractivity contribution in [2.75, 3.05) is 42.9 Å². The summed E-state index contributed by atoms with van der Waals surface area (Å²) >= 11 is 7.77. The van der Waals surface area contributed by atoms with Crippen LogP contribution >= 0.6 is 23.4 Å². The van der Waals surface area contributed by atoms with Crippen LogP contribution in [0.4, 0.5) is 11.5 Å². The summed E-state index contributed by atoms with van der Waals surface area (Å²) in [5.41, 5.74) is 0.780. The van der Waals surface area contributed by atoms with Crippen molar-refractivity contribution in [3.63, 3.8) is 0 Å². The maximum atomic E-state index is 5.96. The third-order valence-electron chi connectivity index (χ3n) is 2.02. The second-order valence-electron chi connectivity index (χ2n) is 3.03. The number of halogens is 1. The van der Waals surface area contributed by atoms with E-state index in [0.29, 0.717) is 5.15 Å². The van der Waals surface area contributed by atoms with Gasteiger partial charge in [0.15, 0.2) is 11.0 Å². The molecule has 1 heterocycles. The van der Waals surface area contributed by atoms with Gasteiger partial charge in [-0.1, -0.05) is 11.6 Å². The molecular weight excluding hydrogens is 232 g/mol. The van der Waals surface area contributed by atoms with Crippen molar-refractivity contribution >= 4 is 34.9 Å². The average Bonchev–Trinajstić information content (AvgIpc) is 2.25. The minimum Gasteiger partial charge on any atom is -0.383 e. The van der Waals surface area contributed by atoms with Crippen molar-refractivity contribution in [3.8, 4) is 0 Å². The van der Waals surface area contributed by atoms with Crippen LogP contribution in [0.15, 0.2) is 6.33 Å². The molecule has 0 atom stereocenters. The molecule has 0 saturated heterocycles. The molecule has 0 saturated carbocycles. The fourth-order valence-corrected chi connectivity index (χ4v) is 1.87.